The fourth-order valence-corrected chi connectivity index (χ4v) is 2.77. The normalized spacial score (nSPS) is 12.5. The molecule has 0 amide bonds. The highest BCUT2D eigenvalue weighted by Crippen LogP contribution is 2.24. The van der Waals surface area contributed by atoms with Crippen LogP contribution in [0.15, 0.2) is 61.1 Å². The molecule has 4 nitrogen and oxygen atoms in total. The molecule has 3 aromatic rings. The minimum atomic E-state index is 0.377. The number of hydrogen-bond donors (Lipinski definition) is 0. The van der Waals surface area contributed by atoms with Crippen molar-refractivity contribution in [3.05, 3.63) is 72.3 Å². The zero-order valence-electron chi connectivity index (χ0n) is 14.6. The Morgan fingerprint density at radius 1 is 1.04 bits per heavy atom. The van der Waals surface area contributed by atoms with Crippen LogP contribution in [-0.4, -0.2) is 33.5 Å². The molecular weight excluding hydrogens is 296 g/mol. The van der Waals surface area contributed by atoms with Crippen molar-refractivity contribution in [2.24, 2.45) is 0 Å². The van der Waals surface area contributed by atoms with Crippen molar-refractivity contribution < 1.29 is 0 Å². The summed E-state index contributed by atoms with van der Waals surface area (Å²) >= 11 is 0. The number of aromatic nitrogens is 3. The number of hydrogen-bond acceptors (Lipinski definition) is 3. The SMILES string of the molecule is CC(c1cccc(-c2nccn2CCc2ccccn2)c1)N(C)C. The van der Waals surface area contributed by atoms with Crippen molar-refractivity contribution in [2.45, 2.75) is 25.9 Å². The molecule has 24 heavy (non-hydrogen) atoms. The Hall–Kier alpha value is -2.46. The molecule has 2 heterocycles. The summed E-state index contributed by atoms with van der Waals surface area (Å²) in [7, 11) is 4.20. The molecule has 4 heteroatoms. The molecule has 1 atom stereocenters. The molecule has 0 N–H and O–H groups in total. The quantitative estimate of drug-likeness (QED) is 0.692. The van der Waals surface area contributed by atoms with Gasteiger partial charge in [-0.15, -0.1) is 0 Å². The van der Waals surface area contributed by atoms with Gasteiger partial charge in [0, 0.05) is 48.9 Å². The molecule has 0 saturated heterocycles. The van der Waals surface area contributed by atoms with Crippen molar-refractivity contribution in [2.75, 3.05) is 14.1 Å². The molecule has 2 aromatic heterocycles. The van der Waals surface area contributed by atoms with Crippen molar-refractivity contribution in [1.82, 2.24) is 19.4 Å². The number of aryl methyl sites for hydroxylation is 2. The van der Waals surface area contributed by atoms with Crippen LogP contribution in [0.5, 0.6) is 0 Å². The van der Waals surface area contributed by atoms with Crippen LogP contribution < -0.4 is 0 Å². The number of nitrogens with zero attached hydrogens (tertiary/aromatic N) is 4. The predicted molar refractivity (Wildman–Crippen MR) is 97.7 cm³/mol. The van der Waals surface area contributed by atoms with Gasteiger partial charge in [0.25, 0.3) is 0 Å². The van der Waals surface area contributed by atoms with Crippen molar-refractivity contribution >= 4 is 0 Å². The summed E-state index contributed by atoms with van der Waals surface area (Å²) in [5.74, 6) is 1.01. The summed E-state index contributed by atoms with van der Waals surface area (Å²) in [5, 5.41) is 0. The first kappa shape index (κ1) is 16.4. The lowest BCUT2D eigenvalue weighted by Crippen LogP contribution is -2.16. The summed E-state index contributed by atoms with van der Waals surface area (Å²) in [5.41, 5.74) is 3.57. The van der Waals surface area contributed by atoms with Gasteiger partial charge in [0.15, 0.2) is 0 Å². The maximum atomic E-state index is 4.57. The Balaban J connectivity index is 1.81. The summed E-state index contributed by atoms with van der Waals surface area (Å²) in [6.07, 6.45) is 6.66. The highest BCUT2D eigenvalue weighted by atomic mass is 15.1. The second-order valence-electron chi connectivity index (χ2n) is 6.28. The third-order valence-electron chi connectivity index (χ3n) is 4.45. The smallest absolute Gasteiger partial charge is 0.139 e. The molecule has 0 aliphatic rings. The van der Waals surface area contributed by atoms with E-state index >= 15 is 0 Å². The Morgan fingerprint density at radius 2 is 1.92 bits per heavy atom. The first-order chi connectivity index (χ1) is 11.6. The van der Waals surface area contributed by atoms with Gasteiger partial charge >= 0.3 is 0 Å². The van der Waals surface area contributed by atoms with E-state index < -0.39 is 0 Å². The predicted octanol–water partition coefficient (Wildman–Crippen LogP) is 3.81. The molecule has 0 spiro atoms. The van der Waals surface area contributed by atoms with Crippen LogP contribution in [0.3, 0.4) is 0 Å². The Kier molecular flexibility index (Phi) is 5.06. The molecule has 0 radical (unpaired) electrons. The number of imidazole rings is 1. The largest absolute Gasteiger partial charge is 0.331 e. The van der Waals surface area contributed by atoms with Gasteiger partial charge in [-0.05, 0) is 44.8 Å². The fraction of sp³-hybridized carbons (Fsp3) is 0.300. The van der Waals surface area contributed by atoms with E-state index in [-0.39, 0.29) is 0 Å². The van der Waals surface area contributed by atoms with Crippen LogP contribution in [0, 0.1) is 0 Å². The van der Waals surface area contributed by atoms with Gasteiger partial charge in [-0.25, -0.2) is 4.98 Å². The van der Waals surface area contributed by atoms with E-state index in [0.717, 1.165) is 30.0 Å². The summed E-state index contributed by atoms with van der Waals surface area (Å²) < 4.78 is 2.20. The van der Waals surface area contributed by atoms with Gasteiger partial charge < -0.3 is 9.47 Å². The number of benzene rings is 1. The van der Waals surface area contributed by atoms with Gasteiger partial charge in [0.2, 0.25) is 0 Å². The van der Waals surface area contributed by atoms with E-state index in [4.69, 9.17) is 0 Å². The van der Waals surface area contributed by atoms with E-state index in [1.165, 1.54) is 5.56 Å². The van der Waals surface area contributed by atoms with E-state index in [1.54, 1.807) is 0 Å². The lowest BCUT2D eigenvalue weighted by molar-refractivity contribution is 0.321. The molecule has 1 aromatic carbocycles. The minimum absolute atomic E-state index is 0.377. The van der Waals surface area contributed by atoms with Gasteiger partial charge in [0.05, 0.1) is 0 Å². The van der Waals surface area contributed by atoms with E-state index in [1.807, 2.05) is 30.7 Å². The van der Waals surface area contributed by atoms with Crippen molar-refractivity contribution in [3.8, 4) is 11.4 Å². The second kappa shape index (κ2) is 7.41. The summed E-state index contributed by atoms with van der Waals surface area (Å²) in [6, 6.07) is 15.1. The molecule has 0 saturated carbocycles. The first-order valence-electron chi connectivity index (χ1n) is 8.33. The van der Waals surface area contributed by atoms with Crippen LogP contribution in [0.2, 0.25) is 0 Å². The molecule has 0 aliphatic carbocycles. The lowest BCUT2D eigenvalue weighted by atomic mass is 10.0. The van der Waals surface area contributed by atoms with E-state index in [9.17, 15) is 0 Å². The topological polar surface area (TPSA) is 34.0 Å². The van der Waals surface area contributed by atoms with Crippen LogP contribution in [0.1, 0.15) is 24.2 Å². The van der Waals surface area contributed by atoms with Crippen molar-refractivity contribution in [3.63, 3.8) is 0 Å². The molecule has 0 aliphatic heterocycles. The van der Waals surface area contributed by atoms with Crippen LogP contribution in [-0.2, 0) is 13.0 Å². The molecule has 124 valence electrons. The average molecular weight is 320 g/mol. The summed E-state index contributed by atoms with van der Waals surface area (Å²) in [6.45, 7) is 3.09. The van der Waals surface area contributed by atoms with Crippen LogP contribution in [0.4, 0.5) is 0 Å². The number of rotatable bonds is 6. The third kappa shape index (κ3) is 3.71. The van der Waals surface area contributed by atoms with Gasteiger partial charge in [0.1, 0.15) is 5.82 Å². The van der Waals surface area contributed by atoms with E-state index in [2.05, 4.69) is 70.8 Å². The second-order valence-corrected chi connectivity index (χ2v) is 6.28. The average Bonchev–Trinajstić information content (AvgIpc) is 3.09. The standard InChI is InChI=1S/C20H24N4/c1-16(23(2)3)17-7-6-8-18(15-17)20-22-12-14-24(20)13-10-19-9-4-5-11-21-19/h4-9,11-12,14-16H,10,13H2,1-3H3. The van der Waals surface area contributed by atoms with E-state index in [0.29, 0.717) is 6.04 Å². The maximum absolute atomic E-state index is 4.57. The highest BCUT2D eigenvalue weighted by Gasteiger charge is 2.11. The maximum Gasteiger partial charge on any atom is 0.139 e. The zero-order valence-corrected chi connectivity index (χ0v) is 14.6. The van der Waals surface area contributed by atoms with Gasteiger partial charge in [-0.2, -0.15) is 0 Å². The number of pyridine rings is 1. The Morgan fingerprint density at radius 3 is 2.67 bits per heavy atom. The first-order valence-corrected chi connectivity index (χ1v) is 8.33. The highest BCUT2D eigenvalue weighted by molar-refractivity contribution is 5.57. The third-order valence-corrected chi connectivity index (χ3v) is 4.45. The lowest BCUT2D eigenvalue weighted by Gasteiger charge is -2.20. The monoisotopic (exact) mass is 320 g/mol. The van der Waals surface area contributed by atoms with Crippen LogP contribution >= 0.6 is 0 Å². The van der Waals surface area contributed by atoms with Crippen molar-refractivity contribution in [1.29, 1.82) is 0 Å². The molecule has 0 fully saturated rings. The molecular formula is C20H24N4. The van der Waals surface area contributed by atoms with Gasteiger partial charge in [-0.3, -0.25) is 4.98 Å². The summed E-state index contributed by atoms with van der Waals surface area (Å²) in [4.78, 5) is 11.2. The minimum Gasteiger partial charge on any atom is -0.331 e. The van der Waals surface area contributed by atoms with Gasteiger partial charge in [-0.1, -0.05) is 24.3 Å². The van der Waals surface area contributed by atoms with Crippen LogP contribution in [0.25, 0.3) is 11.4 Å². The Bertz CT molecular complexity index is 777. The molecule has 0 bridgehead atoms. The zero-order chi connectivity index (χ0) is 16.9. The fourth-order valence-electron chi connectivity index (χ4n) is 2.77. The molecule has 1 unspecified atom stereocenters. The Labute approximate surface area is 143 Å². The molecule has 3 rings (SSSR count).